The SMILES string of the molecule is CCCOC(=O)/C(C)=C/[Si](C)(C)O[Si](C)(C)C. The highest BCUT2D eigenvalue weighted by atomic mass is 28.4. The monoisotopic (exact) mass is 274 g/mol. The Morgan fingerprint density at radius 2 is 1.71 bits per heavy atom. The summed E-state index contributed by atoms with van der Waals surface area (Å²) in [5.74, 6) is -0.216. The summed E-state index contributed by atoms with van der Waals surface area (Å²) < 4.78 is 11.2. The van der Waals surface area contributed by atoms with Crippen LogP contribution in [-0.2, 0) is 13.6 Å². The minimum atomic E-state index is -1.90. The van der Waals surface area contributed by atoms with Crippen molar-refractivity contribution in [2.45, 2.75) is 53.0 Å². The van der Waals surface area contributed by atoms with Crippen molar-refractivity contribution in [2.24, 2.45) is 0 Å². The average Bonchev–Trinajstić information content (AvgIpc) is 2.08. The summed E-state index contributed by atoms with van der Waals surface area (Å²) in [6.45, 7) is 15.0. The number of hydrogen-bond donors (Lipinski definition) is 0. The second-order valence-corrected chi connectivity index (χ2v) is 14.3. The summed E-state index contributed by atoms with van der Waals surface area (Å²) >= 11 is 0. The molecule has 0 amide bonds. The zero-order valence-electron chi connectivity index (χ0n) is 12.2. The second-order valence-electron chi connectivity index (χ2n) is 5.78. The molecule has 0 aliphatic rings. The highest BCUT2D eigenvalue weighted by Crippen LogP contribution is 2.17. The third-order valence-corrected chi connectivity index (χ3v) is 7.57. The molecular formula is C12H26O3Si2. The first-order valence-electron chi connectivity index (χ1n) is 6.14. The maximum absolute atomic E-state index is 11.6. The number of hydrogen-bond acceptors (Lipinski definition) is 3. The Hall–Kier alpha value is -0.396. The smallest absolute Gasteiger partial charge is 0.333 e. The van der Waals surface area contributed by atoms with Crippen LogP contribution in [0.5, 0.6) is 0 Å². The summed E-state index contributed by atoms with van der Waals surface area (Å²) in [6.07, 6.45) is 0.852. The van der Waals surface area contributed by atoms with Gasteiger partial charge in [-0.05, 0) is 46.1 Å². The van der Waals surface area contributed by atoms with Crippen LogP contribution in [0, 0.1) is 0 Å². The molecule has 0 bridgehead atoms. The molecule has 0 atom stereocenters. The van der Waals surface area contributed by atoms with Gasteiger partial charge in [0.1, 0.15) is 0 Å². The van der Waals surface area contributed by atoms with Gasteiger partial charge in [0, 0.05) is 5.57 Å². The van der Waals surface area contributed by atoms with E-state index in [-0.39, 0.29) is 5.97 Å². The maximum atomic E-state index is 11.6. The molecule has 0 rings (SSSR count). The van der Waals surface area contributed by atoms with E-state index in [0.29, 0.717) is 12.2 Å². The van der Waals surface area contributed by atoms with Crippen LogP contribution in [0.25, 0.3) is 0 Å². The van der Waals surface area contributed by atoms with Crippen molar-refractivity contribution in [3.05, 3.63) is 11.3 Å². The second kappa shape index (κ2) is 6.51. The molecule has 0 unspecified atom stereocenters. The summed E-state index contributed by atoms with van der Waals surface area (Å²) in [7, 11) is -3.46. The molecule has 0 N–H and O–H groups in total. The van der Waals surface area contributed by atoms with E-state index in [4.69, 9.17) is 8.85 Å². The zero-order valence-corrected chi connectivity index (χ0v) is 14.2. The molecular weight excluding hydrogens is 248 g/mol. The van der Waals surface area contributed by atoms with Crippen LogP contribution in [0.4, 0.5) is 0 Å². The molecule has 100 valence electrons. The molecule has 17 heavy (non-hydrogen) atoms. The summed E-state index contributed by atoms with van der Waals surface area (Å²) in [5.41, 5.74) is 2.66. The first-order valence-corrected chi connectivity index (χ1v) is 12.5. The maximum Gasteiger partial charge on any atom is 0.333 e. The van der Waals surface area contributed by atoms with E-state index in [0.717, 1.165) is 6.42 Å². The van der Waals surface area contributed by atoms with Crippen LogP contribution in [0.15, 0.2) is 11.3 Å². The lowest BCUT2D eigenvalue weighted by molar-refractivity contribution is -0.138. The van der Waals surface area contributed by atoms with Gasteiger partial charge in [0.2, 0.25) is 0 Å². The Kier molecular flexibility index (Phi) is 6.36. The minimum Gasteiger partial charge on any atom is -0.462 e. The van der Waals surface area contributed by atoms with Crippen molar-refractivity contribution < 1.29 is 13.6 Å². The number of esters is 1. The van der Waals surface area contributed by atoms with Gasteiger partial charge in [-0.3, -0.25) is 0 Å². The van der Waals surface area contributed by atoms with Crippen molar-refractivity contribution >= 4 is 22.6 Å². The van der Waals surface area contributed by atoms with Crippen LogP contribution < -0.4 is 0 Å². The molecule has 0 aliphatic carbocycles. The highest BCUT2D eigenvalue weighted by Gasteiger charge is 2.28. The molecule has 5 heteroatoms. The van der Waals surface area contributed by atoms with Crippen LogP contribution in [0.1, 0.15) is 20.3 Å². The van der Waals surface area contributed by atoms with E-state index >= 15 is 0 Å². The lowest BCUT2D eigenvalue weighted by Gasteiger charge is -2.29. The molecule has 0 radical (unpaired) electrons. The lowest BCUT2D eigenvalue weighted by atomic mass is 10.4. The van der Waals surface area contributed by atoms with Gasteiger partial charge >= 0.3 is 5.97 Å². The van der Waals surface area contributed by atoms with Gasteiger partial charge < -0.3 is 8.85 Å². The van der Waals surface area contributed by atoms with E-state index in [2.05, 4.69) is 32.7 Å². The Bertz CT molecular complexity index is 291. The molecule has 0 aromatic heterocycles. The lowest BCUT2D eigenvalue weighted by Crippen LogP contribution is -2.41. The van der Waals surface area contributed by atoms with Crippen molar-refractivity contribution in [3.63, 3.8) is 0 Å². The quantitative estimate of drug-likeness (QED) is 0.422. The molecule has 0 aromatic rings. The Labute approximate surface area is 107 Å². The first kappa shape index (κ1) is 16.6. The van der Waals surface area contributed by atoms with Gasteiger partial charge in [0.25, 0.3) is 0 Å². The van der Waals surface area contributed by atoms with Gasteiger partial charge in [-0.25, -0.2) is 4.79 Å². The normalized spacial score (nSPS) is 13.7. The molecule has 0 saturated heterocycles. The fourth-order valence-corrected chi connectivity index (χ4v) is 9.42. The van der Waals surface area contributed by atoms with Crippen molar-refractivity contribution in [1.82, 2.24) is 0 Å². The molecule has 0 spiro atoms. The number of ether oxygens (including phenoxy) is 1. The Morgan fingerprint density at radius 3 is 2.12 bits per heavy atom. The number of carbonyl (C=O) groups is 1. The Balaban J connectivity index is 4.59. The molecule has 0 heterocycles. The van der Waals surface area contributed by atoms with Crippen molar-refractivity contribution in [1.29, 1.82) is 0 Å². The van der Waals surface area contributed by atoms with Crippen LogP contribution in [0.3, 0.4) is 0 Å². The van der Waals surface area contributed by atoms with Crippen LogP contribution in [0.2, 0.25) is 32.7 Å². The van der Waals surface area contributed by atoms with Gasteiger partial charge in [-0.2, -0.15) is 0 Å². The fourth-order valence-electron chi connectivity index (χ4n) is 1.71. The van der Waals surface area contributed by atoms with Gasteiger partial charge in [0.15, 0.2) is 16.6 Å². The van der Waals surface area contributed by atoms with Crippen LogP contribution >= 0.6 is 0 Å². The molecule has 0 saturated carbocycles. The predicted molar refractivity (Wildman–Crippen MR) is 76.9 cm³/mol. The standard InChI is InChI=1S/C12H26O3Si2/c1-8-9-14-12(13)11(2)10-17(6,7)15-16(3,4)5/h10H,8-9H2,1-7H3/b11-10+. The van der Waals surface area contributed by atoms with E-state index in [9.17, 15) is 4.79 Å². The number of carbonyl (C=O) groups excluding carboxylic acids is 1. The minimum absolute atomic E-state index is 0.216. The van der Waals surface area contributed by atoms with Gasteiger partial charge in [0.05, 0.1) is 6.61 Å². The number of rotatable bonds is 6. The Morgan fingerprint density at radius 1 is 1.18 bits per heavy atom. The molecule has 3 nitrogen and oxygen atoms in total. The van der Waals surface area contributed by atoms with E-state index in [1.165, 1.54) is 0 Å². The van der Waals surface area contributed by atoms with Crippen molar-refractivity contribution in [2.75, 3.05) is 6.61 Å². The molecule has 0 fully saturated rings. The van der Waals surface area contributed by atoms with Crippen molar-refractivity contribution in [3.8, 4) is 0 Å². The molecule has 0 aromatic carbocycles. The third kappa shape index (κ3) is 8.34. The molecule has 0 aliphatic heterocycles. The van der Waals surface area contributed by atoms with E-state index < -0.39 is 16.6 Å². The summed E-state index contributed by atoms with van der Waals surface area (Å²) in [6, 6.07) is 0. The third-order valence-electron chi connectivity index (χ3n) is 1.89. The van der Waals surface area contributed by atoms with E-state index in [1.54, 1.807) is 6.92 Å². The van der Waals surface area contributed by atoms with Gasteiger partial charge in [-0.15, -0.1) is 0 Å². The average molecular weight is 275 g/mol. The largest absolute Gasteiger partial charge is 0.462 e. The fraction of sp³-hybridized carbons (Fsp3) is 0.750. The topological polar surface area (TPSA) is 35.5 Å². The zero-order chi connectivity index (χ0) is 13.7. The van der Waals surface area contributed by atoms with E-state index in [1.807, 2.05) is 12.6 Å². The summed E-state index contributed by atoms with van der Waals surface area (Å²) in [4.78, 5) is 11.6. The van der Waals surface area contributed by atoms with Crippen LogP contribution in [-0.4, -0.2) is 29.2 Å². The first-order chi connectivity index (χ1) is 7.57. The summed E-state index contributed by atoms with van der Waals surface area (Å²) in [5, 5.41) is 0. The highest BCUT2D eigenvalue weighted by molar-refractivity contribution is 6.87. The predicted octanol–water partition coefficient (Wildman–Crippen LogP) is 3.48. The van der Waals surface area contributed by atoms with Gasteiger partial charge in [-0.1, -0.05) is 12.6 Å².